The van der Waals surface area contributed by atoms with E-state index in [2.05, 4.69) is 30.7 Å². The molecule has 7 heavy (non-hydrogen) atoms. The predicted molar refractivity (Wildman–Crippen MR) is 29.7 cm³/mol. The van der Waals surface area contributed by atoms with Crippen molar-refractivity contribution in [1.29, 1.82) is 10.5 Å². The first-order valence-electron chi connectivity index (χ1n) is 1.26. The van der Waals surface area contributed by atoms with Gasteiger partial charge in [0.15, 0.2) is 0 Å². The number of hydrogen-bond donors (Lipinski definition) is 0. The molecule has 0 saturated carbocycles. The van der Waals surface area contributed by atoms with Gasteiger partial charge in [0, 0.05) is 0 Å². The van der Waals surface area contributed by atoms with E-state index in [0.717, 1.165) is 0 Å². The molecule has 0 bridgehead atoms. The standard InChI is InChI=1S/C2HN2PSe2/c3-1-5(6,7)2-4/h(H,6,7)/p-1. The number of nitrogens with zero attached hydrogens (tertiary/aromatic N) is 2. The Bertz CT molecular complexity index is 167. The van der Waals surface area contributed by atoms with Crippen LogP contribution in [0.2, 0.25) is 0 Å². The molecule has 0 aliphatic rings. The molecule has 0 heterocycles. The SMILES string of the molecule is N#CP(=[Se])([Se-])C#N. The van der Waals surface area contributed by atoms with E-state index in [1.807, 2.05) is 11.6 Å². The second-order valence-electron chi connectivity index (χ2n) is 0.751. The summed E-state index contributed by atoms with van der Waals surface area (Å²) in [6.45, 7) is 0. The van der Waals surface area contributed by atoms with Crippen LogP contribution >= 0.6 is 4.20 Å². The normalized spacial score (nSPS) is 9.00. The minimum absolute atomic E-state index is 1.83. The Balaban J connectivity index is 4.34. The average molecular weight is 241 g/mol. The van der Waals surface area contributed by atoms with E-state index in [9.17, 15) is 0 Å². The van der Waals surface area contributed by atoms with E-state index in [0.29, 0.717) is 0 Å². The van der Waals surface area contributed by atoms with Gasteiger partial charge in [0.1, 0.15) is 0 Å². The van der Waals surface area contributed by atoms with E-state index in [1.54, 1.807) is 0 Å². The maximum atomic E-state index is 8.11. The van der Waals surface area contributed by atoms with Crippen LogP contribution in [0.25, 0.3) is 0 Å². The molecule has 2 nitrogen and oxygen atoms in total. The zero-order valence-corrected chi connectivity index (χ0v) is 7.48. The zero-order chi connectivity index (χ0) is 5.91. The minimum atomic E-state index is -2.04. The molecule has 0 radical (unpaired) electrons. The number of hydrogen-bond acceptors (Lipinski definition) is 2. The number of rotatable bonds is 0. The Hall–Kier alpha value is 0.449. The van der Waals surface area contributed by atoms with E-state index in [4.69, 9.17) is 10.5 Å². The molecule has 0 aromatic carbocycles. The summed E-state index contributed by atoms with van der Waals surface area (Å²) in [5.74, 6) is 3.66. The molecule has 5 heteroatoms. The molecule has 0 aliphatic heterocycles. The fourth-order valence-electron chi connectivity index (χ4n) is 0.0224. The number of nitriles is 2. The molecule has 0 saturated heterocycles. The van der Waals surface area contributed by atoms with Gasteiger partial charge in [-0.15, -0.1) is 0 Å². The monoisotopic (exact) mass is 243 g/mol. The van der Waals surface area contributed by atoms with Gasteiger partial charge in [-0.2, -0.15) is 0 Å². The third-order valence-electron chi connectivity index (χ3n) is 0.263. The summed E-state index contributed by atoms with van der Waals surface area (Å²) < 4.78 is -2.04. The van der Waals surface area contributed by atoms with Crippen LogP contribution in [-0.2, 0) is 0 Å². The molecule has 0 amide bonds. The topological polar surface area (TPSA) is 47.6 Å². The molecular formula is C2N2PSe2-. The van der Waals surface area contributed by atoms with Crippen LogP contribution < -0.4 is 0 Å². The van der Waals surface area contributed by atoms with Crippen LogP contribution in [0.4, 0.5) is 0 Å². The molecule has 0 unspecified atom stereocenters. The van der Waals surface area contributed by atoms with Crippen molar-refractivity contribution in [2.75, 3.05) is 0 Å². The van der Waals surface area contributed by atoms with Gasteiger partial charge in [-0.1, -0.05) is 0 Å². The molecule has 36 valence electrons. The summed E-state index contributed by atoms with van der Waals surface area (Å²) in [4.78, 5) is 0. The van der Waals surface area contributed by atoms with Gasteiger partial charge >= 0.3 is 57.0 Å². The van der Waals surface area contributed by atoms with Crippen molar-refractivity contribution in [1.82, 2.24) is 0 Å². The Morgan fingerprint density at radius 1 is 1.43 bits per heavy atom. The Morgan fingerprint density at radius 3 is 1.71 bits per heavy atom. The van der Waals surface area contributed by atoms with Crippen molar-refractivity contribution in [3.8, 4) is 11.6 Å². The Morgan fingerprint density at radius 2 is 1.71 bits per heavy atom. The van der Waals surface area contributed by atoms with Gasteiger partial charge in [-0.05, 0) is 0 Å². The van der Waals surface area contributed by atoms with Gasteiger partial charge in [-0.25, -0.2) is 0 Å². The summed E-state index contributed by atoms with van der Waals surface area (Å²) in [6, 6.07) is 0. The van der Waals surface area contributed by atoms with Crippen LogP contribution in [0.3, 0.4) is 0 Å². The summed E-state index contributed by atoms with van der Waals surface area (Å²) in [5, 5.41) is 16.2. The van der Waals surface area contributed by atoms with Crippen LogP contribution in [0.1, 0.15) is 0 Å². The predicted octanol–water partition coefficient (Wildman–Crippen LogP) is 0.133. The fraction of sp³-hybridized carbons (Fsp3) is 0. The molecule has 0 aromatic heterocycles. The fourth-order valence-corrected chi connectivity index (χ4v) is 0.0671. The second kappa shape index (κ2) is 2.68. The summed E-state index contributed by atoms with van der Waals surface area (Å²) in [7, 11) is 0. The van der Waals surface area contributed by atoms with Gasteiger partial charge in [0.2, 0.25) is 0 Å². The third-order valence-corrected chi connectivity index (χ3v) is 2.85. The van der Waals surface area contributed by atoms with E-state index in [1.165, 1.54) is 0 Å². The van der Waals surface area contributed by atoms with Gasteiger partial charge in [-0.3, -0.25) is 0 Å². The van der Waals surface area contributed by atoms with Crippen molar-refractivity contribution in [2.24, 2.45) is 0 Å². The van der Waals surface area contributed by atoms with E-state index in [-0.39, 0.29) is 0 Å². The van der Waals surface area contributed by atoms with Crippen LogP contribution in [-0.4, -0.2) is 30.7 Å². The first-order chi connectivity index (χ1) is 3.12. The van der Waals surface area contributed by atoms with Crippen molar-refractivity contribution in [3.05, 3.63) is 0 Å². The third kappa shape index (κ3) is 3.07. The average Bonchev–Trinajstić information content (AvgIpc) is 1.68. The van der Waals surface area contributed by atoms with Crippen LogP contribution in [0.15, 0.2) is 0 Å². The molecular weight excluding hydrogens is 241 g/mol. The van der Waals surface area contributed by atoms with Crippen molar-refractivity contribution >= 4 is 34.9 Å². The molecule has 0 spiro atoms. The molecule has 0 rings (SSSR count). The summed E-state index contributed by atoms with van der Waals surface area (Å²) in [6.07, 6.45) is 0. The summed E-state index contributed by atoms with van der Waals surface area (Å²) >= 11 is 4.97. The molecule has 0 aliphatic carbocycles. The molecule has 0 atom stereocenters. The molecule has 0 fully saturated rings. The zero-order valence-electron chi connectivity index (χ0n) is 3.16. The quantitative estimate of drug-likeness (QED) is 0.447. The van der Waals surface area contributed by atoms with Crippen LogP contribution in [0, 0.1) is 22.1 Å². The first-order valence-corrected chi connectivity index (χ1v) is 7.48. The van der Waals surface area contributed by atoms with Gasteiger partial charge in [0.25, 0.3) is 0 Å². The molecule has 0 N–H and O–H groups in total. The Kier molecular flexibility index (Phi) is 2.85. The van der Waals surface area contributed by atoms with Crippen LogP contribution in [0.5, 0.6) is 0 Å². The van der Waals surface area contributed by atoms with Crippen molar-refractivity contribution < 1.29 is 0 Å². The molecule has 0 aromatic rings. The van der Waals surface area contributed by atoms with E-state index >= 15 is 0 Å². The van der Waals surface area contributed by atoms with Crippen molar-refractivity contribution in [2.45, 2.75) is 0 Å². The van der Waals surface area contributed by atoms with Gasteiger partial charge in [0.05, 0.1) is 0 Å². The van der Waals surface area contributed by atoms with Crippen molar-refractivity contribution in [3.63, 3.8) is 0 Å². The van der Waals surface area contributed by atoms with Gasteiger partial charge < -0.3 is 0 Å². The van der Waals surface area contributed by atoms with E-state index < -0.39 is 4.20 Å². The second-order valence-corrected chi connectivity index (χ2v) is 12.7. The summed E-state index contributed by atoms with van der Waals surface area (Å²) in [5.41, 5.74) is 0. The maximum absolute atomic E-state index is 8.11. The Labute approximate surface area is 57.1 Å². The first kappa shape index (κ1) is 7.45.